The lowest BCUT2D eigenvalue weighted by Crippen LogP contribution is -2.25. The summed E-state index contributed by atoms with van der Waals surface area (Å²) in [5.41, 5.74) is 4.71. The largest absolute Gasteiger partial charge is 0.497 e. The molecule has 5 heteroatoms. The molecule has 4 aromatic rings. The summed E-state index contributed by atoms with van der Waals surface area (Å²) < 4.78 is 10.4. The number of carbonyl (C=O) groups excluding carboxylic acids is 1. The number of hydrogen-bond acceptors (Lipinski definition) is 5. The minimum atomic E-state index is -0.318. The molecule has 0 aromatic heterocycles. The lowest BCUT2D eigenvalue weighted by Gasteiger charge is -2.31. The van der Waals surface area contributed by atoms with Crippen molar-refractivity contribution in [2.24, 2.45) is 0 Å². The smallest absolute Gasteiger partial charge is 0.338 e. The first-order valence-corrected chi connectivity index (χ1v) is 11.7. The molecule has 0 aliphatic carbocycles. The van der Waals surface area contributed by atoms with Crippen LogP contribution >= 0.6 is 0 Å². The molecular weight excluding hydrogens is 436 g/mol. The van der Waals surface area contributed by atoms with E-state index in [4.69, 9.17) is 9.47 Å². The number of carbonyl (C=O) groups is 1. The van der Waals surface area contributed by atoms with Crippen molar-refractivity contribution < 1.29 is 14.3 Å². The Balaban J connectivity index is 1.69. The number of nitrogens with one attached hydrogen (secondary N) is 2. The number of rotatable bonds is 10. The molecule has 0 spiro atoms. The Morgan fingerprint density at radius 1 is 0.686 bits per heavy atom. The van der Waals surface area contributed by atoms with Gasteiger partial charge in [0.05, 0.1) is 31.4 Å². The van der Waals surface area contributed by atoms with Gasteiger partial charge in [-0.25, -0.2) is 4.79 Å². The van der Waals surface area contributed by atoms with E-state index in [-0.39, 0.29) is 18.1 Å². The molecule has 4 rings (SSSR count). The molecule has 0 aliphatic heterocycles. The summed E-state index contributed by atoms with van der Waals surface area (Å²) in [6.45, 7) is 2.16. The van der Waals surface area contributed by atoms with Crippen LogP contribution in [0.1, 0.15) is 40.5 Å². The molecule has 2 N–H and O–H groups in total. The first-order chi connectivity index (χ1) is 17.2. The van der Waals surface area contributed by atoms with Gasteiger partial charge in [-0.05, 0) is 66.6 Å². The van der Waals surface area contributed by atoms with Crippen LogP contribution in [0.2, 0.25) is 0 Å². The molecule has 178 valence electrons. The van der Waals surface area contributed by atoms with Gasteiger partial charge in [0.2, 0.25) is 0 Å². The standard InChI is InChI=1S/C30H30N2O3/c1-3-35-30(33)24-14-16-25(17-15-24)31-28(22-10-6-4-7-11-22)29(23-12-8-5-9-13-23)32-26-18-20-27(34-2)21-19-26/h4-21,28-29,31-32H,3H2,1-2H3/t28-,29-/m1/s1. The highest BCUT2D eigenvalue weighted by Crippen LogP contribution is 2.35. The van der Waals surface area contributed by atoms with E-state index in [0.717, 1.165) is 28.3 Å². The summed E-state index contributed by atoms with van der Waals surface area (Å²) in [5, 5.41) is 7.42. The van der Waals surface area contributed by atoms with E-state index in [1.807, 2.05) is 72.8 Å². The summed E-state index contributed by atoms with van der Waals surface area (Å²) in [6.07, 6.45) is 0. The van der Waals surface area contributed by atoms with Gasteiger partial charge in [-0.15, -0.1) is 0 Å². The highest BCUT2D eigenvalue weighted by atomic mass is 16.5. The predicted octanol–water partition coefficient (Wildman–Crippen LogP) is 6.88. The summed E-state index contributed by atoms with van der Waals surface area (Å²) in [7, 11) is 1.66. The van der Waals surface area contributed by atoms with Crippen LogP contribution in [0, 0.1) is 0 Å². The van der Waals surface area contributed by atoms with E-state index in [0.29, 0.717) is 12.2 Å². The SMILES string of the molecule is CCOC(=O)c1ccc(N[C@H](c2ccccc2)[C@H](Nc2ccc(OC)cc2)c2ccccc2)cc1. The number of ether oxygens (including phenoxy) is 2. The minimum absolute atomic E-state index is 0.0864. The van der Waals surface area contributed by atoms with Gasteiger partial charge in [0, 0.05) is 11.4 Å². The van der Waals surface area contributed by atoms with Crippen molar-refractivity contribution >= 4 is 17.3 Å². The zero-order chi connectivity index (χ0) is 24.5. The molecule has 2 atom stereocenters. The van der Waals surface area contributed by atoms with E-state index in [1.165, 1.54) is 0 Å². The fraction of sp³-hybridized carbons (Fsp3) is 0.167. The molecule has 0 amide bonds. The summed E-state index contributed by atoms with van der Waals surface area (Å²) >= 11 is 0. The average Bonchev–Trinajstić information content (AvgIpc) is 2.92. The lowest BCUT2D eigenvalue weighted by atomic mass is 9.92. The van der Waals surface area contributed by atoms with Gasteiger partial charge in [0.15, 0.2) is 0 Å². The predicted molar refractivity (Wildman–Crippen MR) is 141 cm³/mol. The fourth-order valence-corrected chi connectivity index (χ4v) is 4.00. The maximum Gasteiger partial charge on any atom is 0.338 e. The Bertz CT molecular complexity index is 1190. The Labute approximate surface area is 206 Å². The van der Waals surface area contributed by atoms with Gasteiger partial charge < -0.3 is 20.1 Å². The van der Waals surface area contributed by atoms with Crippen molar-refractivity contribution in [1.82, 2.24) is 0 Å². The van der Waals surface area contributed by atoms with Crippen molar-refractivity contribution in [2.45, 2.75) is 19.0 Å². The molecule has 0 aliphatic rings. The van der Waals surface area contributed by atoms with Gasteiger partial charge in [-0.2, -0.15) is 0 Å². The second kappa shape index (κ2) is 11.7. The molecule has 35 heavy (non-hydrogen) atoms. The third kappa shape index (κ3) is 6.21. The molecular formula is C30H30N2O3. The van der Waals surface area contributed by atoms with Crippen molar-refractivity contribution in [3.63, 3.8) is 0 Å². The van der Waals surface area contributed by atoms with Crippen molar-refractivity contribution in [3.05, 3.63) is 126 Å². The highest BCUT2D eigenvalue weighted by Gasteiger charge is 2.25. The molecule has 0 unspecified atom stereocenters. The monoisotopic (exact) mass is 466 g/mol. The Morgan fingerprint density at radius 3 is 1.57 bits per heavy atom. The van der Waals surface area contributed by atoms with E-state index in [2.05, 4.69) is 34.9 Å². The maximum atomic E-state index is 12.1. The highest BCUT2D eigenvalue weighted by molar-refractivity contribution is 5.89. The molecule has 0 fully saturated rings. The van der Waals surface area contributed by atoms with E-state index >= 15 is 0 Å². The van der Waals surface area contributed by atoms with Crippen LogP contribution in [0.15, 0.2) is 109 Å². The number of esters is 1. The topological polar surface area (TPSA) is 59.6 Å². The quantitative estimate of drug-likeness (QED) is 0.250. The number of anilines is 2. The minimum Gasteiger partial charge on any atom is -0.497 e. The van der Waals surface area contributed by atoms with Crippen LogP contribution < -0.4 is 15.4 Å². The summed E-state index contributed by atoms with van der Waals surface area (Å²) in [6, 6.07) is 35.9. The maximum absolute atomic E-state index is 12.1. The number of hydrogen-bond donors (Lipinski definition) is 2. The Kier molecular flexibility index (Phi) is 8.02. The normalized spacial score (nSPS) is 12.3. The third-order valence-corrected chi connectivity index (χ3v) is 5.78. The summed E-state index contributed by atoms with van der Waals surface area (Å²) in [4.78, 5) is 12.1. The molecule has 0 saturated carbocycles. The molecule has 0 saturated heterocycles. The van der Waals surface area contributed by atoms with Crippen LogP contribution in [-0.4, -0.2) is 19.7 Å². The van der Waals surface area contributed by atoms with Gasteiger partial charge in [-0.3, -0.25) is 0 Å². The lowest BCUT2D eigenvalue weighted by molar-refractivity contribution is 0.0526. The second-order valence-corrected chi connectivity index (χ2v) is 8.09. The van der Waals surface area contributed by atoms with Gasteiger partial charge in [0.1, 0.15) is 5.75 Å². The van der Waals surface area contributed by atoms with Crippen LogP contribution in [0.3, 0.4) is 0 Å². The van der Waals surface area contributed by atoms with Gasteiger partial charge in [-0.1, -0.05) is 60.7 Å². The molecule has 0 bridgehead atoms. The third-order valence-electron chi connectivity index (χ3n) is 5.78. The number of methoxy groups -OCH3 is 1. The summed E-state index contributed by atoms with van der Waals surface area (Å²) in [5.74, 6) is 0.494. The Hall–Kier alpha value is -4.25. The molecule has 4 aromatic carbocycles. The van der Waals surface area contributed by atoms with Crippen molar-refractivity contribution in [2.75, 3.05) is 24.4 Å². The molecule has 0 radical (unpaired) electrons. The molecule has 5 nitrogen and oxygen atoms in total. The van der Waals surface area contributed by atoms with Crippen LogP contribution in [0.25, 0.3) is 0 Å². The zero-order valence-corrected chi connectivity index (χ0v) is 20.0. The van der Waals surface area contributed by atoms with Crippen LogP contribution in [-0.2, 0) is 4.74 Å². The zero-order valence-electron chi connectivity index (χ0n) is 20.0. The molecule has 0 heterocycles. The fourth-order valence-electron chi connectivity index (χ4n) is 4.00. The first-order valence-electron chi connectivity index (χ1n) is 11.7. The number of benzene rings is 4. The van der Waals surface area contributed by atoms with E-state index < -0.39 is 0 Å². The average molecular weight is 467 g/mol. The van der Waals surface area contributed by atoms with Crippen molar-refractivity contribution in [3.8, 4) is 5.75 Å². The van der Waals surface area contributed by atoms with E-state index in [1.54, 1.807) is 26.2 Å². The van der Waals surface area contributed by atoms with Gasteiger partial charge in [0.25, 0.3) is 0 Å². The van der Waals surface area contributed by atoms with Crippen LogP contribution in [0.5, 0.6) is 5.75 Å². The van der Waals surface area contributed by atoms with E-state index in [9.17, 15) is 4.79 Å². The Morgan fingerprint density at radius 2 is 1.14 bits per heavy atom. The first kappa shape index (κ1) is 23.9. The van der Waals surface area contributed by atoms with Gasteiger partial charge >= 0.3 is 5.97 Å². The van der Waals surface area contributed by atoms with Crippen molar-refractivity contribution in [1.29, 1.82) is 0 Å². The van der Waals surface area contributed by atoms with Crippen LogP contribution in [0.4, 0.5) is 11.4 Å². The second-order valence-electron chi connectivity index (χ2n) is 8.09.